The molecule has 0 spiro atoms. The molecule has 0 aliphatic rings. The van der Waals surface area contributed by atoms with Gasteiger partial charge in [-0.2, -0.15) is 0 Å². The number of halogens is 1. The number of likely N-dealkylation sites (N-methyl/N-ethyl adjacent to an activating group) is 1. The van der Waals surface area contributed by atoms with E-state index in [0.29, 0.717) is 19.1 Å². The zero-order chi connectivity index (χ0) is 15.1. The molecule has 0 aromatic carbocycles. The van der Waals surface area contributed by atoms with Crippen molar-refractivity contribution in [1.29, 1.82) is 0 Å². The minimum absolute atomic E-state index is 0.0702. The van der Waals surface area contributed by atoms with Gasteiger partial charge in [0, 0.05) is 25.3 Å². The van der Waals surface area contributed by atoms with E-state index in [0.717, 1.165) is 6.42 Å². The highest BCUT2D eigenvalue weighted by Gasteiger charge is 2.15. The highest BCUT2D eigenvalue weighted by Crippen LogP contribution is 2.13. The summed E-state index contributed by atoms with van der Waals surface area (Å²) in [5.41, 5.74) is 2.04. The number of hydrogen-bond donors (Lipinski definition) is 3. The van der Waals surface area contributed by atoms with E-state index in [1.165, 1.54) is 12.3 Å². The highest BCUT2D eigenvalue weighted by molar-refractivity contribution is 5.95. The Morgan fingerprint density at radius 2 is 2.30 bits per heavy atom. The molecule has 4 N–H and O–H groups in total. The molecular formula is C13H22FN5O. The Hall–Kier alpha value is -1.73. The molecule has 0 radical (unpaired) electrons. The molecule has 0 aliphatic carbocycles. The van der Waals surface area contributed by atoms with Crippen molar-refractivity contribution in [2.45, 2.75) is 26.3 Å². The van der Waals surface area contributed by atoms with Crippen molar-refractivity contribution in [1.82, 2.24) is 15.2 Å². The molecule has 1 aromatic heterocycles. The minimum atomic E-state index is -0.747. The number of carbonyl (C=O) groups is 1. The van der Waals surface area contributed by atoms with E-state index in [-0.39, 0.29) is 11.4 Å². The van der Waals surface area contributed by atoms with Gasteiger partial charge < -0.3 is 15.6 Å². The normalized spacial score (nSPS) is 12.3. The van der Waals surface area contributed by atoms with Gasteiger partial charge in [0.1, 0.15) is 0 Å². The molecule has 1 unspecified atom stereocenters. The number of nitrogens with two attached hydrogens (primary N) is 1. The Morgan fingerprint density at radius 3 is 2.90 bits per heavy atom. The van der Waals surface area contributed by atoms with Crippen LogP contribution in [-0.2, 0) is 0 Å². The Bertz CT molecular complexity index is 454. The molecule has 1 rings (SSSR count). The molecule has 1 aromatic rings. The summed E-state index contributed by atoms with van der Waals surface area (Å²) >= 11 is 0. The van der Waals surface area contributed by atoms with E-state index >= 15 is 0 Å². The number of aromatic nitrogens is 1. The summed E-state index contributed by atoms with van der Waals surface area (Å²) in [4.78, 5) is 17.7. The second-order valence-corrected chi connectivity index (χ2v) is 4.66. The van der Waals surface area contributed by atoms with E-state index in [2.05, 4.69) is 34.5 Å². The number of hydrazine groups is 1. The molecule has 0 fully saturated rings. The molecule has 6 nitrogen and oxygen atoms in total. The lowest BCUT2D eigenvalue weighted by molar-refractivity contribution is 0.0943. The van der Waals surface area contributed by atoms with Crippen LogP contribution in [0.15, 0.2) is 12.3 Å². The molecule has 7 heteroatoms. The summed E-state index contributed by atoms with van der Waals surface area (Å²) in [6.45, 7) is 5.37. The molecule has 0 aliphatic heterocycles. The average molecular weight is 283 g/mol. The van der Waals surface area contributed by atoms with Crippen LogP contribution in [0.25, 0.3) is 0 Å². The smallest absolute Gasteiger partial charge is 0.254 e. The number of nitrogens with zero attached hydrogens (tertiary/aromatic N) is 2. The monoisotopic (exact) mass is 283 g/mol. The van der Waals surface area contributed by atoms with Crippen molar-refractivity contribution in [3.05, 3.63) is 23.6 Å². The Kier molecular flexibility index (Phi) is 6.33. The third kappa shape index (κ3) is 4.14. The molecule has 1 amide bonds. The standard InChI is InChI=1S/C13H22FN5O/c1-4-9(2)19(3)8-7-17-13(20)10-5-6-16-12(18-15)11(10)14/h5-6,9H,4,7-8,15H2,1-3H3,(H,16,18)(H,17,20). The van der Waals surface area contributed by atoms with Gasteiger partial charge in [-0.1, -0.05) is 6.92 Å². The fourth-order valence-corrected chi connectivity index (χ4v) is 1.69. The van der Waals surface area contributed by atoms with Crippen LogP contribution in [0.1, 0.15) is 30.6 Å². The van der Waals surface area contributed by atoms with Gasteiger partial charge >= 0.3 is 0 Å². The summed E-state index contributed by atoms with van der Waals surface area (Å²) in [6.07, 6.45) is 2.37. The van der Waals surface area contributed by atoms with E-state index in [9.17, 15) is 9.18 Å². The van der Waals surface area contributed by atoms with Gasteiger partial charge in [0.15, 0.2) is 11.6 Å². The fourth-order valence-electron chi connectivity index (χ4n) is 1.69. The second kappa shape index (κ2) is 7.76. The summed E-state index contributed by atoms with van der Waals surface area (Å²) in [5.74, 6) is 3.75. The van der Waals surface area contributed by atoms with Crippen LogP contribution in [0.3, 0.4) is 0 Å². The van der Waals surface area contributed by atoms with Crippen molar-refractivity contribution < 1.29 is 9.18 Å². The second-order valence-electron chi connectivity index (χ2n) is 4.66. The highest BCUT2D eigenvalue weighted by atomic mass is 19.1. The van der Waals surface area contributed by atoms with Crippen LogP contribution in [0, 0.1) is 5.82 Å². The topological polar surface area (TPSA) is 83.3 Å². The third-order valence-corrected chi connectivity index (χ3v) is 3.36. The minimum Gasteiger partial charge on any atom is -0.351 e. The number of nitrogen functional groups attached to an aromatic ring is 1. The van der Waals surface area contributed by atoms with Crippen LogP contribution in [0.2, 0.25) is 0 Å². The van der Waals surface area contributed by atoms with Gasteiger partial charge in [-0.05, 0) is 26.5 Å². The van der Waals surface area contributed by atoms with Gasteiger partial charge in [-0.15, -0.1) is 0 Å². The van der Waals surface area contributed by atoms with Crippen molar-refractivity contribution >= 4 is 11.7 Å². The quantitative estimate of drug-likeness (QED) is 0.513. The zero-order valence-corrected chi connectivity index (χ0v) is 12.1. The predicted octanol–water partition coefficient (Wildman–Crippen LogP) is 0.966. The lowest BCUT2D eigenvalue weighted by atomic mass is 10.2. The molecule has 0 saturated heterocycles. The number of rotatable bonds is 7. The largest absolute Gasteiger partial charge is 0.351 e. The SMILES string of the molecule is CCC(C)N(C)CCNC(=O)c1ccnc(NN)c1F. The van der Waals surface area contributed by atoms with Crippen LogP contribution in [-0.4, -0.2) is 42.0 Å². The van der Waals surface area contributed by atoms with E-state index < -0.39 is 11.7 Å². The third-order valence-electron chi connectivity index (χ3n) is 3.36. The van der Waals surface area contributed by atoms with Crippen molar-refractivity contribution in [2.24, 2.45) is 5.84 Å². The van der Waals surface area contributed by atoms with E-state index in [1.807, 2.05) is 7.05 Å². The summed E-state index contributed by atoms with van der Waals surface area (Å²) in [5, 5.41) is 2.68. The molecular weight excluding hydrogens is 261 g/mol. The van der Waals surface area contributed by atoms with E-state index in [4.69, 9.17) is 5.84 Å². The lowest BCUT2D eigenvalue weighted by Crippen LogP contribution is -2.37. The molecule has 1 heterocycles. The van der Waals surface area contributed by atoms with Crippen molar-refractivity contribution in [2.75, 3.05) is 25.6 Å². The first-order valence-corrected chi connectivity index (χ1v) is 6.60. The fraction of sp³-hybridized carbons (Fsp3) is 0.538. The first-order chi connectivity index (χ1) is 9.51. The van der Waals surface area contributed by atoms with Crippen LogP contribution in [0.4, 0.5) is 10.2 Å². The van der Waals surface area contributed by atoms with Crippen molar-refractivity contribution in [3.8, 4) is 0 Å². The van der Waals surface area contributed by atoms with Crippen LogP contribution >= 0.6 is 0 Å². The zero-order valence-electron chi connectivity index (χ0n) is 12.1. The molecule has 20 heavy (non-hydrogen) atoms. The Labute approximate surface area is 118 Å². The molecule has 1 atom stereocenters. The number of amides is 1. The molecule has 0 saturated carbocycles. The van der Waals surface area contributed by atoms with Crippen LogP contribution < -0.4 is 16.6 Å². The maximum absolute atomic E-state index is 13.8. The number of pyridine rings is 1. The van der Waals surface area contributed by atoms with Gasteiger partial charge in [0.05, 0.1) is 5.56 Å². The maximum Gasteiger partial charge on any atom is 0.254 e. The van der Waals surface area contributed by atoms with Gasteiger partial charge in [0.2, 0.25) is 0 Å². The molecule has 0 bridgehead atoms. The first kappa shape index (κ1) is 16.3. The number of anilines is 1. The maximum atomic E-state index is 13.8. The first-order valence-electron chi connectivity index (χ1n) is 6.60. The van der Waals surface area contributed by atoms with Gasteiger partial charge in [-0.3, -0.25) is 4.79 Å². The summed E-state index contributed by atoms with van der Waals surface area (Å²) < 4.78 is 13.8. The number of nitrogens with one attached hydrogen (secondary N) is 2. The van der Waals surface area contributed by atoms with Gasteiger partial charge in [0.25, 0.3) is 5.91 Å². The predicted molar refractivity (Wildman–Crippen MR) is 76.7 cm³/mol. The van der Waals surface area contributed by atoms with E-state index in [1.54, 1.807) is 0 Å². The summed E-state index contributed by atoms with van der Waals surface area (Å²) in [7, 11) is 1.99. The number of carbonyl (C=O) groups excluding carboxylic acids is 1. The van der Waals surface area contributed by atoms with Crippen molar-refractivity contribution in [3.63, 3.8) is 0 Å². The summed E-state index contributed by atoms with van der Waals surface area (Å²) in [6, 6.07) is 1.77. The van der Waals surface area contributed by atoms with Crippen LogP contribution in [0.5, 0.6) is 0 Å². The Balaban J connectivity index is 2.56. The van der Waals surface area contributed by atoms with Gasteiger partial charge in [-0.25, -0.2) is 15.2 Å². The Morgan fingerprint density at radius 1 is 1.60 bits per heavy atom. The molecule has 112 valence electrons. The average Bonchev–Trinajstić information content (AvgIpc) is 2.46. The number of hydrogen-bond acceptors (Lipinski definition) is 5. The lowest BCUT2D eigenvalue weighted by Gasteiger charge is -2.23.